The Morgan fingerprint density at radius 2 is 1.80 bits per heavy atom. The zero-order valence-corrected chi connectivity index (χ0v) is 22.4. The lowest BCUT2D eigenvalue weighted by Crippen LogP contribution is -2.46. The van der Waals surface area contributed by atoms with Gasteiger partial charge in [0, 0.05) is 51.9 Å². The first kappa shape index (κ1) is 27.1. The van der Waals surface area contributed by atoms with Crippen molar-refractivity contribution >= 4 is 40.0 Å². The molecule has 0 saturated carbocycles. The summed E-state index contributed by atoms with van der Waals surface area (Å²) >= 11 is 0. The maximum absolute atomic E-state index is 12.6. The van der Waals surface area contributed by atoms with Crippen molar-refractivity contribution in [3.8, 4) is 0 Å². The highest BCUT2D eigenvalue weighted by Crippen LogP contribution is 2.19. The molecule has 0 aliphatic carbocycles. The second-order valence-corrected chi connectivity index (χ2v) is 10.5. The van der Waals surface area contributed by atoms with Crippen LogP contribution in [-0.4, -0.2) is 68.9 Å². The van der Waals surface area contributed by atoms with Crippen molar-refractivity contribution in [3.05, 3.63) is 29.8 Å². The van der Waals surface area contributed by atoms with Crippen LogP contribution in [0.4, 0.5) is 0 Å². The van der Waals surface area contributed by atoms with Crippen molar-refractivity contribution in [2.75, 3.05) is 27.2 Å². The van der Waals surface area contributed by atoms with E-state index in [-0.39, 0.29) is 30.0 Å². The summed E-state index contributed by atoms with van der Waals surface area (Å²) in [6.07, 6.45) is 0. The van der Waals surface area contributed by atoms with Gasteiger partial charge < -0.3 is 10.6 Å². The summed E-state index contributed by atoms with van der Waals surface area (Å²) in [5.41, 5.74) is 1.00. The van der Waals surface area contributed by atoms with Crippen LogP contribution in [0.15, 0.2) is 34.2 Å². The topological polar surface area (TPSA) is 77.0 Å². The van der Waals surface area contributed by atoms with Gasteiger partial charge in [-0.3, -0.25) is 9.89 Å². The number of benzene rings is 1. The van der Waals surface area contributed by atoms with Crippen LogP contribution in [0.2, 0.25) is 0 Å². The van der Waals surface area contributed by atoms with E-state index in [1.54, 1.807) is 26.2 Å². The molecular weight excluding hydrogens is 513 g/mol. The van der Waals surface area contributed by atoms with Gasteiger partial charge in [-0.1, -0.05) is 19.1 Å². The fraction of sp³-hybridized carbons (Fsp3) is 0.667. The molecule has 1 aliphatic heterocycles. The molecule has 1 fully saturated rings. The smallest absolute Gasteiger partial charge is 0.243 e. The molecule has 9 heteroatoms. The van der Waals surface area contributed by atoms with Gasteiger partial charge in [0.15, 0.2) is 5.96 Å². The van der Waals surface area contributed by atoms with E-state index in [1.807, 2.05) is 26.0 Å². The predicted molar refractivity (Wildman–Crippen MR) is 135 cm³/mol. The van der Waals surface area contributed by atoms with Gasteiger partial charge in [-0.05, 0) is 51.3 Å². The van der Waals surface area contributed by atoms with E-state index in [0.29, 0.717) is 29.4 Å². The summed E-state index contributed by atoms with van der Waals surface area (Å²) in [7, 11) is -0.0758. The lowest BCUT2D eigenvalue weighted by Gasteiger charge is -2.22. The van der Waals surface area contributed by atoms with Gasteiger partial charge in [-0.2, -0.15) is 4.31 Å². The van der Waals surface area contributed by atoms with E-state index in [0.717, 1.165) is 24.6 Å². The molecule has 7 nitrogen and oxygen atoms in total. The van der Waals surface area contributed by atoms with Crippen molar-refractivity contribution in [1.29, 1.82) is 0 Å². The number of nitrogens with zero attached hydrogens (tertiary/aromatic N) is 3. The number of aliphatic imine (C=N–C) groups is 1. The third-order valence-corrected chi connectivity index (χ3v) is 7.75. The molecule has 0 bridgehead atoms. The number of halogens is 1. The van der Waals surface area contributed by atoms with Gasteiger partial charge in [-0.15, -0.1) is 24.0 Å². The Morgan fingerprint density at radius 1 is 1.20 bits per heavy atom. The number of sulfonamides is 1. The average Bonchev–Trinajstić information content (AvgIpc) is 3.05. The SMILES string of the molecule is CN=C(NCc1ccc(S(=O)(=O)N(C)C(C)C)cc1)NC1CN(C(C)C)CC1C.I. The molecule has 1 aromatic carbocycles. The molecule has 1 saturated heterocycles. The van der Waals surface area contributed by atoms with Crippen molar-refractivity contribution < 1.29 is 8.42 Å². The Labute approximate surface area is 199 Å². The monoisotopic (exact) mass is 551 g/mol. The molecule has 0 amide bonds. The average molecular weight is 552 g/mol. The third kappa shape index (κ3) is 6.80. The van der Waals surface area contributed by atoms with Gasteiger partial charge >= 0.3 is 0 Å². The van der Waals surface area contributed by atoms with Crippen LogP contribution in [-0.2, 0) is 16.6 Å². The molecule has 1 heterocycles. The zero-order valence-electron chi connectivity index (χ0n) is 19.2. The van der Waals surface area contributed by atoms with E-state index >= 15 is 0 Å². The number of likely N-dealkylation sites (tertiary alicyclic amines) is 1. The van der Waals surface area contributed by atoms with Crippen LogP contribution in [0.5, 0.6) is 0 Å². The minimum absolute atomic E-state index is 0. The summed E-state index contributed by atoms with van der Waals surface area (Å²) in [6, 6.07) is 7.86. The molecule has 30 heavy (non-hydrogen) atoms. The molecule has 2 rings (SSSR count). The number of guanidine groups is 1. The van der Waals surface area contributed by atoms with Crippen LogP contribution >= 0.6 is 24.0 Å². The first-order valence-corrected chi connectivity index (χ1v) is 11.8. The van der Waals surface area contributed by atoms with Crippen molar-refractivity contribution in [3.63, 3.8) is 0 Å². The molecule has 0 radical (unpaired) electrons. The van der Waals surface area contributed by atoms with Crippen LogP contribution in [0.1, 0.15) is 40.2 Å². The molecule has 2 unspecified atom stereocenters. The molecule has 172 valence electrons. The highest BCUT2D eigenvalue weighted by Gasteiger charge is 2.31. The van der Waals surface area contributed by atoms with Gasteiger partial charge in [0.2, 0.25) is 10.0 Å². The first-order chi connectivity index (χ1) is 13.6. The highest BCUT2D eigenvalue weighted by molar-refractivity contribution is 14.0. The maximum Gasteiger partial charge on any atom is 0.243 e. The predicted octanol–water partition coefficient (Wildman–Crippen LogP) is 2.73. The molecule has 1 aliphatic rings. The van der Waals surface area contributed by atoms with Gasteiger partial charge in [-0.25, -0.2) is 8.42 Å². The van der Waals surface area contributed by atoms with E-state index in [1.165, 1.54) is 4.31 Å². The number of hydrogen-bond donors (Lipinski definition) is 2. The quantitative estimate of drug-likeness (QED) is 0.310. The highest BCUT2D eigenvalue weighted by atomic mass is 127. The maximum atomic E-state index is 12.6. The van der Waals surface area contributed by atoms with E-state index in [4.69, 9.17) is 0 Å². The molecule has 1 aromatic rings. The number of hydrogen-bond acceptors (Lipinski definition) is 4. The van der Waals surface area contributed by atoms with E-state index < -0.39 is 10.0 Å². The van der Waals surface area contributed by atoms with Crippen LogP contribution < -0.4 is 10.6 Å². The molecule has 0 spiro atoms. The molecular formula is C21H38IN5O2S. The van der Waals surface area contributed by atoms with E-state index in [9.17, 15) is 8.42 Å². The summed E-state index contributed by atoms with van der Waals surface area (Å²) in [5, 5.41) is 6.87. The second kappa shape index (κ2) is 11.6. The van der Waals surface area contributed by atoms with Gasteiger partial charge in [0.05, 0.1) is 4.90 Å². The largest absolute Gasteiger partial charge is 0.352 e. The van der Waals surface area contributed by atoms with Crippen LogP contribution in [0, 0.1) is 5.92 Å². The van der Waals surface area contributed by atoms with E-state index in [2.05, 4.69) is 41.3 Å². The Bertz CT molecular complexity index is 796. The molecule has 2 atom stereocenters. The number of nitrogens with one attached hydrogen (secondary N) is 2. The minimum atomic E-state index is -3.45. The van der Waals surface area contributed by atoms with Crippen molar-refractivity contribution in [2.24, 2.45) is 10.9 Å². The number of rotatable bonds is 7. The fourth-order valence-corrected chi connectivity index (χ4v) is 4.76. The lowest BCUT2D eigenvalue weighted by atomic mass is 10.1. The fourth-order valence-electron chi connectivity index (χ4n) is 3.39. The molecule has 2 N–H and O–H groups in total. The lowest BCUT2D eigenvalue weighted by molar-refractivity contribution is 0.265. The summed E-state index contributed by atoms with van der Waals surface area (Å²) in [4.78, 5) is 7.13. The summed E-state index contributed by atoms with van der Waals surface area (Å²) < 4.78 is 26.5. The Hall–Kier alpha value is -0.910. The standard InChI is InChI=1S/C21H37N5O2S.HI/c1-15(2)25(7)29(27,28)19-10-8-18(9-11-19)12-23-21(22-6)24-20-14-26(16(3)4)13-17(20)5;/h8-11,15-17,20H,12-14H2,1-7H3,(H2,22,23,24);1H. The third-order valence-electron chi connectivity index (χ3n) is 5.70. The summed E-state index contributed by atoms with van der Waals surface area (Å²) in [6.45, 7) is 13.1. The van der Waals surface area contributed by atoms with Crippen LogP contribution in [0.25, 0.3) is 0 Å². The Kier molecular flexibility index (Phi) is 10.5. The first-order valence-electron chi connectivity index (χ1n) is 10.3. The molecule has 0 aromatic heterocycles. The minimum Gasteiger partial charge on any atom is -0.352 e. The normalized spacial score (nSPS) is 20.7. The zero-order chi connectivity index (χ0) is 21.8. The summed E-state index contributed by atoms with van der Waals surface area (Å²) in [5.74, 6) is 1.32. The Balaban J connectivity index is 0.00000450. The van der Waals surface area contributed by atoms with Crippen molar-refractivity contribution in [1.82, 2.24) is 19.8 Å². The van der Waals surface area contributed by atoms with Crippen LogP contribution in [0.3, 0.4) is 0 Å². The van der Waals surface area contributed by atoms with Gasteiger partial charge in [0.25, 0.3) is 0 Å². The van der Waals surface area contributed by atoms with Gasteiger partial charge in [0.1, 0.15) is 0 Å². The second-order valence-electron chi connectivity index (χ2n) is 8.46. The Morgan fingerprint density at radius 3 is 2.27 bits per heavy atom. The van der Waals surface area contributed by atoms with Crippen molar-refractivity contribution in [2.45, 2.75) is 64.2 Å².